The molecule has 0 aliphatic rings. The summed E-state index contributed by atoms with van der Waals surface area (Å²) in [7, 11) is 0. The van der Waals surface area contributed by atoms with Crippen molar-refractivity contribution in [2.45, 2.75) is 19.9 Å². The van der Waals surface area contributed by atoms with Crippen LogP contribution in [-0.4, -0.2) is 5.91 Å². The first-order valence-corrected chi connectivity index (χ1v) is 8.31. The second kappa shape index (κ2) is 6.11. The molecule has 4 heteroatoms. The van der Waals surface area contributed by atoms with E-state index in [2.05, 4.69) is 5.32 Å². The van der Waals surface area contributed by atoms with Crippen LogP contribution in [0.15, 0.2) is 48.5 Å². The Kier molecular flexibility index (Phi) is 4.19. The maximum atomic E-state index is 12.5. The quantitative estimate of drug-likeness (QED) is 0.689. The van der Waals surface area contributed by atoms with Crippen LogP contribution in [0.1, 0.15) is 33.8 Å². The van der Waals surface area contributed by atoms with Gasteiger partial charge in [0.15, 0.2) is 0 Å². The smallest absolute Gasteiger partial charge is 0.263 e. The summed E-state index contributed by atoms with van der Waals surface area (Å²) in [5.41, 5.74) is 2.28. The summed E-state index contributed by atoms with van der Waals surface area (Å²) in [6.45, 7) is 4.03. The molecular formula is C18H16ClNOS. The Morgan fingerprint density at radius 3 is 2.55 bits per heavy atom. The number of nitrogens with one attached hydrogen (secondary N) is 1. The van der Waals surface area contributed by atoms with Crippen molar-refractivity contribution in [1.29, 1.82) is 0 Å². The molecule has 1 unspecified atom stereocenters. The first-order chi connectivity index (χ1) is 10.6. The molecule has 2 aromatic carbocycles. The summed E-state index contributed by atoms with van der Waals surface area (Å²) in [5.74, 6) is -0.123. The molecule has 1 aromatic heterocycles. The molecule has 0 aliphatic carbocycles. The monoisotopic (exact) mass is 329 g/mol. The predicted octanol–water partition coefficient (Wildman–Crippen LogP) is 5.35. The number of fused-ring (bicyclic) bond motifs is 1. The molecule has 3 rings (SSSR count). The highest BCUT2D eigenvalue weighted by Gasteiger charge is 2.19. The molecule has 3 aromatic rings. The van der Waals surface area contributed by atoms with Crippen LogP contribution < -0.4 is 5.32 Å². The predicted molar refractivity (Wildman–Crippen MR) is 93.9 cm³/mol. The number of benzene rings is 2. The van der Waals surface area contributed by atoms with Crippen molar-refractivity contribution >= 4 is 38.9 Å². The van der Waals surface area contributed by atoms with Crippen LogP contribution in [0.3, 0.4) is 0 Å². The maximum absolute atomic E-state index is 12.5. The number of halogens is 1. The van der Waals surface area contributed by atoms with Crippen LogP contribution in [0, 0.1) is 6.92 Å². The van der Waals surface area contributed by atoms with E-state index in [1.807, 2.05) is 62.4 Å². The fourth-order valence-electron chi connectivity index (χ4n) is 2.57. The van der Waals surface area contributed by atoms with Crippen molar-refractivity contribution in [3.8, 4) is 0 Å². The molecule has 1 amide bonds. The summed E-state index contributed by atoms with van der Waals surface area (Å²) in [6, 6.07) is 15.8. The van der Waals surface area contributed by atoms with Gasteiger partial charge in [-0.2, -0.15) is 0 Å². The minimum Gasteiger partial charge on any atom is -0.345 e. The molecule has 112 valence electrons. The molecule has 0 saturated heterocycles. The second-order valence-corrected chi connectivity index (χ2v) is 6.72. The molecule has 0 aliphatic heterocycles. The molecule has 1 heterocycles. The summed E-state index contributed by atoms with van der Waals surface area (Å²) < 4.78 is 1.03. The number of carbonyl (C=O) groups excluding carboxylic acids is 1. The first-order valence-electron chi connectivity index (χ1n) is 7.11. The van der Waals surface area contributed by atoms with Crippen molar-refractivity contribution in [2.75, 3.05) is 0 Å². The lowest BCUT2D eigenvalue weighted by Gasteiger charge is -2.16. The molecule has 0 saturated carbocycles. The Hall–Kier alpha value is -1.84. The van der Waals surface area contributed by atoms with Crippen LogP contribution in [0.2, 0.25) is 5.02 Å². The number of aryl methyl sites for hydroxylation is 1. The Morgan fingerprint density at radius 1 is 1.14 bits per heavy atom. The topological polar surface area (TPSA) is 29.1 Å². The van der Waals surface area contributed by atoms with Gasteiger partial charge in [0.05, 0.1) is 11.1 Å². The Balaban J connectivity index is 1.87. The lowest BCUT2D eigenvalue weighted by Crippen LogP contribution is -2.26. The van der Waals surface area contributed by atoms with Crippen molar-refractivity contribution in [2.24, 2.45) is 0 Å². The molecule has 0 spiro atoms. The number of amides is 1. The van der Waals surface area contributed by atoms with Crippen molar-refractivity contribution in [1.82, 2.24) is 5.32 Å². The molecule has 1 N–H and O–H groups in total. The Bertz CT molecular complexity index is 840. The van der Waals surface area contributed by atoms with E-state index >= 15 is 0 Å². The van der Waals surface area contributed by atoms with Crippen LogP contribution in [0.5, 0.6) is 0 Å². The van der Waals surface area contributed by atoms with E-state index in [0.717, 1.165) is 21.2 Å². The average molecular weight is 330 g/mol. The first kappa shape index (κ1) is 15.1. The molecule has 22 heavy (non-hydrogen) atoms. The minimum absolute atomic E-state index is 0.0602. The molecule has 0 radical (unpaired) electrons. The lowest BCUT2D eigenvalue weighted by atomic mass is 10.0. The molecule has 0 bridgehead atoms. The normalized spacial score (nSPS) is 12.3. The minimum atomic E-state index is -0.123. The SMILES string of the molecule is Cc1ccccc1C(C)NC(=O)c1sc2ccccc2c1Cl. The molecule has 1 atom stereocenters. The standard InChI is InChI=1S/C18H16ClNOS/c1-11-7-3-4-8-13(11)12(2)20-18(21)17-16(19)14-9-5-6-10-15(14)22-17/h3-10,12H,1-2H3,(H,20,21). The van der Waals surface area contributed by atoms with Crippen LogP contribution in [0.25, 0.3) is 10.1 Å². The highest BCUT2D eigenvalue weighted by atomic mass is 35.5. The zero-order chi connectivity index (χ0) is 15.7. The summed E-state index contributed by atoms with van der Waals surface area (Å²) in [4.78, 5) is 13.1. The highest BCUT2D eigenvalue weighted by Crippen LogP contribution is 2.35. The third kappa shape index (κ3) is 2.74. The van der Waals surface area contributed by atoms with Crippen molar-refractivity contribution in [3.05, 3.63) is 69.6 Å². The van der Waals surface area contributed by atoms with Gasteiger partial charge in [-0.1, -0.05) is 54.1 Å². The van der Waals surface area contributed by atoms with Gasteiger partial charge in [-0.3, -0.25) is 4.79 Å². The van der Waals surface area contributed by atoms with E-state index in [1.54, 1.807) is 0 Å². The largest absolute Gasteiger partial charge is 0.345 e. The van der Waals surface area contributed by atoms with Gasteiger partial charge >= 0.3 is 0 Å². The number of hydrogen-bond donors (Lipinski definition) is 1. The van der Waals surface area contributed by atoms with E-state index in [4.69, 9.17) is 11.6 Å². The zero-order valence-corrected chi connectivity index (χ0v) is 14.0. The van der Waals surface area contributed by atoms with E-state index in [1.165, 1.54) is 11.3 Å². The van der Waals surface area contributed by atoms with Crippen LogP contribution >= 0.6 is 22.9 Å². The number of hydrogen-bond acceptors (Lipinski definition) is 2. The third-order valence-corrected chi connectivity index (χ3v) is 5.42. The van der Waals surface area contributed by atoms with E-state index in [-0.39, 0.29) is 11.9 Å². The number of thiophene rings is 1. The zero-order valence-electron chi connectivity index (χ0n) is 12.4. The van der Waals surface area contributed by atoms with Gasteiger partial charge in [0, 0.05) is 10.1 Å². The Morgan fingerprint density at radius 2 is 1.82 bits per heavy atom. The van der Waals surface area contributed by atoms with Crippen LogP contribution in [-0.2, 0) is 0 Å². The fraction of sp³-hybridized carbons (Fsp3) is 0.167. The summed E-state index contributed by atoms with van der Waals surface area (Å²) in [5, 5.41) is 4.51. The van der Waals surface area contributed by atoms with E-state index < -0.39 is 0 Å². The van der Waals surface area contributed by atoms with Gasteiger partial charge in [-0.05, 0) is 31.0 Å². The third-order valence-electron chi connectivity index (χ3n) is 3.74. The molecular weight excluding hydrogens is 314 g/mol. The van der Waals surface area contributed by atoms with Gasteiger partial charge in [0.2, 0.25) is 0 Å². The van der Waals surface area contributed by atoms with Crippen molar-refractivity contribution in [3.63, 3.8) is 0 Å². The maximum Gasteiger partial charge on any atom is 0.263 e. The van der Waals surface area contributed by atoms with Crippen molar-refractivity contribution < 1.29 is 4.79 Å². The van der Waals surface area contributed by atoms with Gasteiger partial charge in [-0.25, -0.2) is 0 Å². The lowest BCUT2D eigenvalue weighted by molar-refractivity contribution is 0.0944. The average Bonchev–Trinajstić information content (AvgIpc) is 2.85. The highest BCUT2D eigenvalue weighted by molar-refractivity contribution is 7.21. The van der Waals surface area contributed by atoms with E-state index in [0.29, 0.717) is 9.90 Å². The Labute approximate surface area is 138 Å². The summed E-state index contributed by atoms with van der Waals surface area (Å²) in [6.07, 6.45) is 0. The number of carbonyl (C=O) groups is 1. The fourth-order valence-corrected chi connectivity index (χ4v) is 3.99. The molecule has 0 fully saturated rings. The van der Waals surface area contributed by atoms with Gasteiger partial charge in [0.1, 0.15) is 4.88 Å². The van der Waals surface area contributed by atoms with E-state index in [9.17, 15) is 4.79 Å². The van der Waals surface area contributed by atoms with Gasteiger partial charge in [-0.15, -0.1) is 11.3 Å². The summed E-state index contributed by atoms with van der Waals surface area (Å²) >= 11 is 7.79. The molecule has 2 nitrogen and oxygen atoms in total. The van der Waals surface area contributed by atoms with Crippen LogP contribution in [0.4, 0.5) is 0 Å². The van der Waals surface area contributed by atoms with Gasteiger partial charge in [0.25, 0.3) is 5.91 Å². The number of rotatable bonds is 3. The van der Waals surface area contributed by atoms with Gasteiger partial charge < -0.3 is 5.32 Å². The second-order valence-electron chi connectivity index (χ2n) is 5.29.